The first kappa shape index (κ1) is 19.0. The molecule has 2 aromatic carbocycles. The van der Waals surface area contributed by atoms with Crippen LogP contribution in [0.15, 0.2) is 48.5 Å². The Morgan fingerprint density at radius 1 is 1.04 bits per heavy atom. The first-order chi connectivity index (χ1) is 13.5. The van der Waals surface area contributed by atoms with Gasteiger partial charge in [0.1, 0.15) is 0 Å². The van der Waals surface area contributed by atoms with Crippen molar-refractivity contribution in [2.75, 3.05) is 18.4 Å². The van der Waals surface area contributed by atoms with Gasteiger partial charge >= 0.3 is 0 Å². The summed E-state index contributed by atoms with van der Waals surface area (Å²) in [5, 5.41) is 6.85. The van der Waals surface area contributed by atoms with E-state index < -0.39 is 0 Å². The van der Waals surface area contributed by atoms with Crippen LogP contribution >= 0.6 is 0 Å². The van der Waals surface area contributed by atoms with E-state index in [-0.39, 0.29) is 11.4 Å². The van der Waals surface area contributed by atoms with Gasteiger partial charge in [-0.2, -0.15) is 0 Å². The van der Waals surface area contributed by atoms with Gasteiger partial charge in [0.05, 0.1) is 0 Å². The maximum atomic E-state index is 12.4. The highest BCUT2D eigenvalue weighted by Crippen LogP contribution is 2.33. The first-order valence-electron chi connectivity index (χ1n) is 10.5. The van der Waals surface area contributed by atoms with E-state index in [4.69, 9.17) is 0 Å². The Labute approximate surface area is 168 Å². The van der Waals surface area contributed by atoms with Crippen molar-refractivity contribution in [3.63, 3.8) is 0 Å². The third-order valence-electron chi connectivity index (χ3n) is 6.26. The minimum atomic E-state index is -0.140. The number of likely N-dealkylation sites (tertiary alicyclic amines) is 1. The maximum absolute atomic E-state index is 12.4. The molecule has 0 unspecified atom stereocenters. The number of fused-ring (bicyclic) bond motifs is 1. The molecule has 1 saturated heterocycles. The summed E-state index contributed by atoms with van der Waals surface area (Å²) in [5.74, 6) is 0.725. The zero-order valence-electron chi connectivity index (χ0n) is 17.0. The molecule has 4 nitrogen and oxygen atoms in total. The molecule has 2 aliphatic rings. The molecule has 0 aliphatic carbocycles. The van der Waals surface area contributed by atoms with Crippen LogP contribution in [0, 0.1) is 0 Å². The van der Waals surface area contributed by atoms with E-state index in [0.717, 1.165) is 32.5 Å². The van der Waals surface area contributed by atoms with Crippen molar-refractivity contribution >= 4 is 11.6 Å². The predicted octanol–water partition coefficient (Wildman–Crippen LogP) is 4.28. The standard InChI is InChI=1S/C24H31N3O/c1-18(2)20-9-7-19(8-10-20)17-27-13-11-24(12-14-27)15-23(28)25-16-21-5-3-4-6-22(21)26-24/h3-10,18,26H,11-17H2,1-2H3,(H,25,28). The number of anilines is 1. The number of nitrogens with one attached hydrogen (secondary N) is 2. The first-order valence-corrected chi connectivity index (χ1v) is 10.5. The van der Waals surface area contributed by atoms with Crippen molar-refractivity contribution < 1.29 is 4.79 Å². The van der Waals surface area contributed by atoms with Gasteiger partial charge in [-0.25, -0.2) is 0 Å². The van der Waals surface area contributed by atoms with E-state index >= 15 is 0 Å². The predicted molar refractivity (Wildman–Crippen MR) is 114 cm³/mol. The lowest BCUT2D eigenvalue weighted by molar-refractivity contribution is -0.122. The summed E-state index contributed by atoms with van der Waals surface area (Å²) in [5.41, 5.74) is 4.96. The monoisotopic (exact) mass is 377 g/mol. The molecule has 0 atom stereocenters. The van der Waals surface area contributed by atoms with E-state index in [1.165, 1.54) is 22.4 Å². The fourth-order valence-electron chi connectivity index (χ4n) is 4.40. The molecule has 2 heterocycles. The second-order valence-corrected chi connectivity index (χ2v) is 8.69. The van der Waals surface area contributed by atoms with Crippen LogP contribution in [0.25, 0.3) is 0 Å². The number of para-hydroxylation sites is 1. The highest BCUT2D eigenvalue weighted by atomic mass is 16.1. The number of hydrogen-bond acceptors (Lipinski definition) is 3. The molecule has 4 heteroatoms. The molecular weight excluding hydrogens is 346 g/mol. The van der Waals surface area contributed by atoms with Crippen LogP contribution in [0.2, 0.25) is 0 Å². The van der Waals surface area contributed by atoms with Gasteiger partial charge in [-0.05, 0) is 41.5 Å². The molecule has 148 valence electrons. The van der Waals surface area contributed by atoms with Crippen molar-refractivity contribution in [2.24, 2.45) is 0 Å². The van der Waals surface area contributed by atoms with Crippen molar-refractivity contribution in [1.29, 1.82) is 0 Å². The Bertz CT molecular complexity index is 820. The third-order valence-corrected chi connectivity index (χ3v) is 6.26. The number of nitrogens with zero attached hydrogens (tertiary/aromatic N) is 1. The largest absolute Gasteiger partial charge is 0.379 e. The Hall–Kier alpha value is -2.33. The molecule has 0 saturated carbocycles. The Morgan fingerprint density at radius 3 is 2.46 bits per heavy atom. The number of piperidine rings is 1. The highest BCUT2D eigenvalue weighted by Gasteiger charge is 2.37. The summed E-state index contributed by atoms with van der Waals surface area (Å²) in [4.78, 5) is 14.9. The number of carbonyl (C=O) groups is 1. The molecule has 0 bridgehead atoms. The fraction of sp³-hybridized carbons (Fsp3) is 0.458. The van der Waals surface area contributed by atoms with Gasteiger partial charge in [0.25, 0.3) is 0 Å². The van der Waals surface area contributed by atoms with E-state index in [2.05, 4.69) is 71.8 Å². The summed E-state index contributed by atoms with van der Waals surface area (Å²) < 4.78 is 0. The van der Waals surface area contributed by atoms with Crippen LogP contribution in [0.4, 0.5) is 5.69 Å². The van der Waals surface area contributed by atoms with Gasteiger partial charge in [-0.1, -0.05) is 56.3 Å². The number of amides is 1. The van der Waals surface area contributed by atoms with E-state index in [1.807, 2.05) is 6.07 Å². The summed E-state index contributed by atoms with van der Waals surface area (Å²) in [6.07, 6.45) is 2.52. The van der Waals surface area contributed by atoms with Crippen LogP contribution in [0.3, 0.4) is 0 Å². The zero-order chi connectivity index (χ0) is 19.6. The van der Waals surface area contributed by atoms with Crippen molar-refractivity contribution in [2.45, 2.75) is 57.7 Å². The second-order valence-electron chi connectivity index (χ2n) is 8.69. The SMILES string of the molecule is CC(C)c1ccc(CN2CCC3(CC2)CC(=O)NCc2ccccc2N3)cc1. The number of hydrogen-bond donors (Lipinski definition) is 2. The quantitative estimate of drug-likeness (QED) is 0.839. The molecular formula is C24H31N3O. The lowest BCUT2D eigenvalue weighted by Crippen LogP contribution is -2.52. The van der Waals surface area contributed by atoms with Gasteiger partial charge in [0.15, 0.2) is 0 Å². The number of carbonyl (C=O) groups excluding carboxylic acids is 1. The van der Waals surface area contributed by atoms with E-state index in [0.29, 0.717) is 18.9 Å². The number of benzene rings is 2. The molecule has 1 amide bonds. The molecule has 1 fully saturated rings. The molecule has 2 N–H and O–H groups in total. The lowest BCUT2D eigenvalue weighted by atomic mass is 9.82. The topological polar surface area (TPSA) is 44.4 Å². The van der Waals surface area contributed by atoms with Crippen molar-refractivity contribution in [1.82, 2.24) is 10.2 Å². The Balaban J connectivity index is 1.43. The third kappa shape index (κ3) is 4.22. The van der Waals surface area contributed by atoms with Gasteiger partial charge in [0, 0.05) is 43.8 Å². The molecule has 2 aromatic rings. The van der Waals surface area contributed by atoms with Crippen molar-refractivity contribution in [3.05, 3.63) is 65.2 Å². The van der Waals surface area contributed by atoms with Gasteiger partial charge in [-0.3, -0.25) is 9.69 Å². The van der Waals surface area contributed by atoms with E-state index in [1.54, 1.807) is 0 Å². The Morgan fingerprint density at radius 2 is 1.75 bits per heavy atom. The van der Waals surface area contributed by atoms with Crippen molar-refractivity contribution in [3.8, 4) is 0 Å². The van der Waals surface area contributed by atoms with Crippen LogP contribution in [0.1, 0.15) is 55.7 Å². The fourth-order valence-corrected chi connectivity index (χ4v) is 4.40. The Kier molecular flexibility index (Phi) is 5.40. The van der Waals surface area contributed by atoms with Crippen LogP contribution in [0.5, 0.6) is 0 Å². The van der Waals surface area contributed by atoms with Gasteiger partial charge in [0.2, 0.25) is 5.91 Å². The summed E-state index contributed by atoms with van der Waals surface area (Å²) >= 11 is 0. The average Bonchev–Trinajstić information content (AvgIpc) is 2.68. The molecule has 0 radical (unpaired) electrons. The smallest absolute Gasteiger partial charge is 0.222 e. The zero-order valence-corrected chi connectivity index (χ0v) is 17.0. The minimum absolute atomic E-state index is 0.140. The van der Waals surface area contributed by atoms with Crippen LogP contribution in [-0.4, -0.2) is 29.4 Å². The van der Waals surface area contributed by atoms with E-state index in [9.17, 15) is 4.79 Å². The molecule has 4 rings (SSSR count). The summed E-state index contributed by atoms with van der Waals surface area (Å²) in [6.45, 7) is 8.07. The maximum Gasteiger partial charge on any atom is 0.222 e. The lowest BCUT2D eigenvalue weighted by Gasteiger charge is -2.44. The van der Waals surface area contributed by atoms with Crippen LogP contribution in [-0.2, 0) is 17.9 Å². The second kappa shape index (κ2) is 7.96. The molecule has 1 spiro atoms. The number of rotatable bonds is 3. The highest BCUT2D eigenvalue weighted by molar-refractivity contribution is 5.79. The molecule has 2 aliphatic heterocycles. The molecule has 0 aromatic heterocycles. The average molecular weight is 378 g/mol. The van der Waals surface area contributed by atoms with Gasteiger partial charge < -0.3 is 10.6 Å². The normalized spacial score (nSPS) is 19.5. The van der Waals surface area contributed by atoms with Gasteiger partial charge in [-0.15, -0.1) is 0 Å². The molecule has 28 heavy (non-hydrogen) atoms. The van der Waals surface area contributed by atoms with Crippen LogP contribution < -0.4 is 10.6 Å². The summed E-state index contributed by atoms with van der Waals surface area (Å²) in [6, 6.07) is 17.4. The summed E-state index contributed by atoms with van der Waals surface area (Å²) in [7, 11) is 0. The minimum Gasteiger partial charge on any atom is -0.379 e.